The third-order valence-electron chi connectivity index (χ3n) is 6.69. The van der Waals surface area contributed by atoms with Crippen LogP contribution in [0.1, 0.15) is 38.9 Å². The van der Waals surface area contributed by atoms with Gasteiger partial charge in [-0.05, 0) is 65.4 Å². The number of rotatable bonds is 6. The summed E-state index contributed by atoms with van der Waals surface area (Å²) in [6.45, 7) is 0.959. The molecule has 0 aliphatic carbocycles. The second kappa shape index (κ2) is 9.94. The molecule has 0 spiro atoms. The third-order valence-corrected chi connectivity index (χ3v) is 6.69. The van der Waals surface area contributed by atoms with Crippen LogP contribution in [0.4, 0.5) is 0 Å². The number of ether oxygens (including phenoxy) is 3. The number of hydrogen-bond acceptors (Lipinski definition) is 9. The highest BCUT2D eigenvalue weighted by Crippen LogP contribution is 2.50. The third kappa shape index (κ3) is 4.22. The summed E-state index contributed by atoms with van der Waals surface area (Å²) in [6.07, 6.45) is 2.42. The van der Waals surface area contributed by atoms with Gasteiger partial charge >= 0.3 is 0 Å². The van der Waals surface area contributed by atoms with E-state index in [4.69, 9.17) is 14.2 Å². The van der Waals surface area contributed by atoms with Gasteiger partial charge in [0, 0.05) is 17.7 Å². The molecule has 0 fully saturated rings. The van der Waals surface area contributed by atoms with Crippen LogP contribution < -0.4 is 19.6 Å². The lowest BCUT2D eigenvalue weighted by Gasteiger charge is -2.34. The van der Waals surface area contributed by atoms with Gasteiger partial charge in [-0.25, -0.2) is 5.43 Å². The van der Waals surface area contributed by atoms with Crippen molar-refractivity contribution in [3.63, 3.8) is 0 Å². The van der Waals surface area contributed by atoms with Crippen molar-refractivity contribution in [1.29, 1.82) is 0 Å². The summed E-state index contributed by atoms with van der Waals surface area (Å²) in [6, 6.07) is 18.3. The Balaban J connectivity index is 1.28. The van der Waals surface area contributed by atoms with Gasteiger partial charge in [-0.2, -0.15) is 9.78 Å². The fourth-order valence-corrected chi connectivity index (χ4v) is 4.83. The number of likely N-dealkylation sites (N-methyl/N-ethyl adjacent to an activating group) is 1. The van der Waals surface area contributed by atoms with Crippen molar-refractivity contribution in [2.45, 2.75) is 12.5 Å². The molecule has 0 radical (unpaired) electrons. The second-order valence-electron chi connectivity index (χ2n) is 8.96. The van der Waals surface area contributed by atoms with Crippen molar-refractivity contribution in [3.05, 3.63) is 88.7 Å². The molecule has 0 saturated carbocycles. The van der Waals surface area contributed by atoms with Gasteiger partial charge in [0.15, 0.2) is 17.3 Å². The van der Waals surface area contributed by atoms with Crippen LogP contribution in [0.25, 0.3) is 5.69 Å². The Kier molecular flexibility index (Phi) is 6.18. The zero-order chi connectivity index (χ0) is 26.1. The van der Waals surface area contributed by atoms with E-state index >= 15 is 0 Å². The lowest BCUT2D eigenvalue weighted by atomic mass is 9.90. The maximum Gasteiger partial charge on any atom is 0.271 e. The van der Waals surface area contributed by atoms with E-state index in [9.17, 15) is 4.79 Å². The largest absolute Gasteiger partial charge is 0.492 e. The molecular formula is C27H25N7O4. The Bertz CT molecular complexity index is 1500. The summed E-state index contributed by atoms with van der Waals surface area (Å²) in [5.74, 6) is 2.21. The molecule has 1 N–H and O–H groups in total. The quantitative estimate of drug-likeness (QED) is 0.310. The summed E-state index contributed by atoms with van der Waals surface area (Å²) in [5.41, 5.74) is 6.68. The average molecular weight is 512 g/mol. The van der Waals surface area contributed by atoms with Crippen LogP contribution in [0.2, 0.25) is 0 Å². The minimum Gasteiger partial charge on any atom is -0.492 e. The molecule has 2 aliphatic heterocycles. The second-order valence-corrected chi connectivity index (χ2v) is 8.96. The Hall–Kier alpha value is -4.77. The number of tetrazole rings is 1. The van der Waals surface area contributed by atoms with Crippen LogP contribution in [0.15, 0.2) is 65.8 Å². The van der Waals surface area contributed by atoms with Crippen molar-refractivity contribution in [3.8, 4) is 22.9 Å². The molecule has 1 aromatic heterocycles. The highest BCUT2D eigenvalue weighted by Gasteiger charge is 2.37. The molecule has 38 heavy (non-hydrogen) atoms. The van der Waals surface area contributed by atoms with Gasteiger partial charge in [0.25, 0.3) is 5.91 Å². The van der Waals surface area contributed by atoms with Crippen LogP contribution in [-0.2, 0) is 6.42 Å². The lowest BCUT2D eigenvalue weighted by Crippen LogP contribution is -2.35. The number of hydrogen-bond donors (Lipinski definition) is 1. The molecule has 3 aromatic carbocycles. The minimum atomic E-state index is -0.317. The van der Waals surface area contributed by atoms with Crippen molar-refractivity contribution >= 4 is 12.1 Å². The minimum absolute atomic E-state index is 0.157. The highest BCUT2D eigenvalue weighted by atomic mass is 16.7. The van der Waals surface area contributed by atoms with Crippen LogP contribution in [0, 0.1) is 0 Å². The molecule has 6 rings (SSSR count). The molecule has 1 atom stereocenters. The van der Waals surface area contributed by atoms with E-state index in [2.05, 4.69) is 31.0 Å². The summed E-state index contributed by atoms with van der Waals surface area (Å²) in [4.78, 5) is 14.8. The van der Waals surface area contributed by atoms with E-state index in [1.54, 1.807) is 42.3 Å². The van der Waals surface area contributed by atoms with Crippen molar-refractivity contribution < 1.29 is 19.0 Å². The van der Waals surface area contributed by atoms with Crippen LogP contribution >= 0.6 is 0 Å². The average Bonchev–Trinajstić information content (AvgIpc) is 3.62. The molecule has 192 valence electrons. The summed E-state index contributed by atoms with van der Waals surface area (Å²) in [5, 5.41) is 16.7. The first-order chi connectivity index (χ1) is 18.6. The molecule has 0 bridgehead atoms. The van der Waals surface area contributed by atoms with Gasteiger partial charge in [0.2, 0.25) is 12.5 Å². The molecule has 4 aromatic rings. The smallest absolute Gasteiger partial charge is 0.271 e. The molecule has 11 nitrogen and oxygen atoms in total. The van der Waals surface area contributed by atoms with Crippen LogP contribution in [-0.4, -0.2) is 64.7 Å². The van der Waals surface area contributed by atoms with Gasteiger partial charge in [0.05, 0.1) is 19.0 Å². The first-order valence-corrected chi connectivity index (χ1v) is 12.1. The molecule has 11 heteroatoms. The van der Waals surface area contributed by atoms with Gasteiger partial charge in [-0.15, -0.1) is 5.10 Å². The van der Waals surface area contributed by atoms with E-state index in [1.165, 1.54) is 0 Å². The number of amides is 1. The van der Waals surface area contributed by atoms with Crippen molar-refractivity contribution in [2.75, 3.05) is 27.5 Å². The van der Waals surface area contributed by atoms with Crippen molar-refractivity contribution in [2.24, 2.45) is 5.10 Å². The van der Waals surface area contributed by atoms with Crippen LogP contribution in [0.5, 0.6) is 17.2 Å². The van der Waals surface area contributed by atoms with Gasteiger partial charge in [0.1, 0.15) is 6.04 Å². The van der Waals surface area contributed by atoms with E-state index in [-0.39, 0.29) is 18.7 Å². The number of nitrogens with one attached hydrogen (secondary N) is 1. The predicted molar refractivity (Wildman–Crippen MR) is 138 cm³/mol. The zero-order valence-electron chi connectivity index (χ0n) is 20.9. The Morgan fingerprint density at radius 1 is 1.16 bits per heavy atom. The van der Waals surface area contributed by atoms with E-state index < -0.39 is 0 Å². The highest BCUT2D eigenvalue weighted by molar-refractivity contribution is 5.95. The number of carbonyl (C=O) groups excluding carboxylic acids is 1. The maximum atomic E-state index is 12.6. The lowest BCUT2D eigenvalue weighted by molar-refractivity contribution is 0.0955. The normalized spacial score (nSPS) is 16.4. The maximum absolute atomic E-state index is 12.6. The number of aromatic nitrogens is 4. The molecule has 2 aliphatic rings. The first kappa shape index (κ1) is 23.6. The van der Waals surface area contributed by atoms with Crippen molar-refractivity contribution in [1.82, 2.24) is 30.5 Å². The standard InChI is InChI=1S/C27H25N7O4/c1-33-13-12-19-14-21-24(38-16-37-21)25(36-2)22(19)23(33)26-29-31-32-34(26)20-10-8-18(9-11-20)27(35)30-28-15-17-6-4-3-5-7-17/h3-11,14-15,23H,12-13,16H2,1-2H3,(H,30,35)/t23-/m1/s1. The van der Waals surface area contributed by atoms with Gasteiger partial charge in [-0.3, -0.25) is 9.69 Å². The number of benzene rings is 3. The van der Waals surface area contributed by atoms with E-state index in [0.717, 1.165) is 35.3 Å². The SMILES string of the molecule is COc1c2c(cc3c1[C@H](c1nnnn1-c1ccc(C(=O)NN=Cc4ccccc4)cc1)N(C)CC3)OCO2. The summed E-state index contributed by atoms with van der Waals surface area (Å²) in [7, 11) is 3.65. The van der Waals surface area contributed by atoms with Crippen LogP contribution in [0.3, 0.4) is 0 Å². The van der Waals surface area contributed by atoms with E-state index in [1.807, 2.05) is 43.4 Å². The molecule has 3 heterocycles. The monoisotopic (exact) mass is 511 g/mol. The first-order valence-electron chi connectivity index (χ1n) is 12.1. The molecule has 1 amide bonds. The van der Waals surface area contributed by atoms with E-state index in [0.29, 0.717) is 28.6 Å². The Morgan fingerprint density at radius 2 is 1.97 bits per heavy atom. The van der Waals surface area contributed by atoms with Gasteiger partial charge in [-0.1, -0.05) is 30.3 Å². The number of nitrogens with zero attached hydrogens (tertiary/aromatic N) is 6. The fourth-order valence-electron chi connectivity index (χ4n) is 4.83. The fraction of sp³-hybridized carbons (Fsp3) is 0.222. The number of hydrazone groups is 1. The number of fused-ring (bicyclic) bond motifs is 2. The molecule has 0 unspecified atom stereocenters. The Labute approximate surface area is 218 Å². The topological polar surface area (TPSA) is 116 Å². The number of carbonyl (C=O) groups is 1. The summed E-state index contributed by atoms with van der Waals surface area (Å²) >= 11 is 0. The zero-order valence-corrected chi connectivity index (χ0v) is 20.9. The molecular weight excluding hydrogens is 486 g/mol. The number of methoxy groups -OCH3 is 1. The summed E-state index contributed by atoms with van der Waals surface area (Å²) < 4.78 is 18.8. The van der Waals surface area contributed by atoms with Gasteiger partial charge < -0.3 is 14.2 Å². The predicted octanol–water partition coefficient (Wildman–Crippen LogP) is 2.74. The Morgan fingerprint density at radius 3 is 2.76 bits per heavy atom. The molecule has 0 saturated heterocycles.